The fourth-order valence-corrected chi connectivity index (χ4v) is 3.00. The Kier molecular flexibility index (Phi) is 5.01. The van der Waals surface area contributed by atoms with Crippen molar-refractivity contribution in [2.24, 2.45) is 0 Å². The molecule has 4 aromatic rings. The Morgan fingerprint density at radius 2 is 1.32 bits per heavy atom. The molecule has 0 radical (unpaired) electrons. The Hall–Kier alpha value is -3.67. The van der Waals surface area contributed by atoms with Crippen molar-refractivity contribution in [3.05, 3.63) is 73.1 Å². The minimum absolute atomic E-state index is 0.633. The number of nitrogens with zero attached hydrogens (tertiary/aromatic N) is 4. The van der Waals surface area contributed by atoms with E-state index in [4.69, 9.17) is 9.47 Å². The number of aromatic nitrogens is 4. The lowest BCUT2D eigenvalue weighted by atomic mass is 10.2. The molecule has 2 heterocycles. The summed E-state index contributed by atoms with van der Waals surface area (Å²) in [5.41, 5.74) is 2.84. The van der Waals surface area contributed by atoms with Gasteiger partial charge in [0.15, 0.2) is 11.6 Å². The maximum absolute atomic E-state index is 5.55. The van der Waals surface area contributed by atoms with Gasteiger partial charge in [-0.1, -0.05) is 0 Å². The van der Waals surface area contributed by atoms with Crippen LogP contribution in [0.25, 0.3) is 28.5 Å². The standard InChI is InChI=1S/C22H20N4O2/c1-3-28-20-8-4-16(5-9-20)21-24-25-22(17-12-14-23-15-13-17)26(21)18-6-10-19(27-2)11-7-18/h4-15H,3H2,1-2H3. The normalized spacial score (nSPS) is 10.6. The molecular weight excluding hydrogens is 352 g/mol. The van der Waals surface area contributed by atoms with Crippen LogP contribution in [-0.4, -0.2) is 33.5 Å². The predicted molar refractivity (Wildman–Crippen MR) is 108 cm³/mol. The Bertz CT molecular complexity index is 1040. The highest BCUT2D eigenvalue weighted by Gasteiger charge is 2.17. The summed E-state index contributed by atoms with van der Waals surface area (Å²) in [6, 6.07) is 19.5. The molecule has 0 N–H and O–H groups in total. The highest BCUT2D eigenvalue weighted by atomic mass is 16.5. The summed E-state index contributed by atoms with van der Waals surface area (Å²) in [6.07, 6.45) is 3.50. The summed E-state index contributed by atoms with van der Waals surface area (Å²) in [6.45, 7) is 2.60. The van der Waals surface area contributed by atoms with E-state index >= 15 is 0 Å². The van der Waals surface area contributed by atoms with E-state index in [-0.39, 0.29) is 0 Å². The number of methoxy groups -OCH3 is 1. The first-order valence-corrected chi connectivity index (χ1v) is 9.03. The van der Waals surface area contributed by atoms with Crippen LogP contribution in [0.5, 0.6) is 11.5 Å². The summed E-state index contributed by atoms with van der Waals surface area (Å²) in [5.74, 6) is 3.12. The van der Waals surface area contributed by atoms with E-state index in [2.05, 4.69) is 15.2 Å². The van der Waals surface area contributed by atoms with Gasteiger partial charge < -0.3 is 9.47 Å². The van der Waals surface area contributed by atoms with E-state index in [1.54, 1.807) is 19.5 Å². The van der Waals surface area contributed by atoms with Crippen LogP contribution in [0.1, 0.15) is 6.92 Å². The highest BCUT2D eigenvalue weighted by Crippen LogP contribution is 2.30. The number of benzene rings is 2. The Morgan fingerprint density at radius 3 is 1.89 bits per heavy atom. The molecule has 0 fully saturated rings. The summed E-state index contributed by atoms with van der Waals surface area (Å²) in [7, 11) is 1.65. The van der Waals surface area contributed by atoms with Crippen LogP contribution in [0.2, 0.25) is 0 Å². The van der Waals surface area contributed by atoms with Crippen molar-refractivity contribution in [2.45, 2.75) is 6.92 Å². The monoisotopic (exact) mass is 372 g/mol. The van der Waals surface area contributed by atoms with Crippen LogP contribution in [0.4, 0.5) is 0 Å². The van der Waals surface area contributed by atoms with E-state index in [0.717, 1.165) is 40.0 Å². The molecule has 0 saturated heterocycles. The molecule has 0 unspecified atom stereocenters. The molecule has 2 aromatic carbocycles. The lowest BCUT2D eigenvalue weighted by Crippen LogP contribution is -2.01. The molecule has 0 saturated carbocycles. The molecule has 0 aliphatic heterocycles. The average molecular weight is 372 g/mol. The van der Waals surface area contributed by atoms with E-state index in [1.807, 2.05) is 72.2 Å². The first kappa shape index (κ1) is 17.7. The number of ether oxygens (including phenoxy) is 2. The minimum Gasteiger partial charge on any atom is -0.497 e. The van der Waals surface area contributed by atoms with Crippen LogP contribution in [0.15, 0.2) is 73.1 Å². The Labute approximate surface area is 163 Å². The zero-order valence-corrected chi connectivity index (χ0v) is 15.7. The molecule has 28 heavy (non-hydrogen) atoms. The lowest BCUT2D eigenvalue weighted by molar-refractivity contribution is 0.340. The van der Waals surface area contributed by atoms with Crippen molar-refractivity contribution in [3.63, 3.8) is 0 Å². The molecule has 0 amide bonds. The maximum atomic E-state index is 5.55. The summed E-state index contributed by atoms with van der Waals surface area (Å²) in [4.78, 5) is 4.10. The molecule has 140 valence electrons. The molecule has 2 aromatic heterocycles. The quantitative estimate of drug-likeness (QED) is 0.502. The van der Waals surface area contributed by atoms with Crippen LogP contribution < -0.4 is 9.47 Å². The van der Waals surface area contributed by atoms with Gasteiger partial charge in [-0.15, -0.1) is 10.2 Å². The van der Waals surface area contributed by atoms with Crippen molar-refractivity contribution in [2.75, 3.05) is 13.7 Å². The van der Waals surface area contributed by atoms with Crippen molar-refractivity contribution in [1.82, 2.24) is 19.7 Å². The van der Waals surface area contributed by atoms with Crippen LogP contribution >= 0.6 is 0 Å². The molecular formula is C22H20N4O2. The predicted octanol–water partition coefficient (Wildman–Crippen LogP) is 4.40. The number of hydrogen-bond donors (Lipinski definition) is 0. The zero-order chi connectivity index (χ0) is 19.3. The highest BCUT2D eigenvalue weighted by molar-refractivity contribution is 5.67. The second-order valence-corrected chi connectivity index (χ2v) is 6.07. The van der Waals surface area contributed by atoms with Gasteiger partial charge in [0.1, 0.15) is 11.5 Å². The van der Waals surface area contributed by atoms with Gasteiger partial charge in [0.2, 0.25) is 0 Å². The van der Waals surface area contributed by atoms with Crippen molar-refractivity contribution < 1.29 is 9.47 Å². The van der Waals surface area contributed by atoms with Gasteiger partial charge in [0.25, 0.3) is 0 Å². The fourth-order valence-electron chi connectivity index (χ4n) is 3.00. The molecule has 6 nitrogen and oxygen atoms in total. The molecule has 0 atom stereocenters. The summed E-state index contributed by atoms with van der Waals surface area (Å²) in [5, 5.41) is 8.94. The minimum atomic E-state index is 0.633. The average Bonchev–Trinajstić information content (AvgIpc) is 3.20. The van der Waals surface area contributed by atoms with Crippen LogP contribution in [0.3, 0.4) is 0 Å². The van der Waals surface area contributed by atoms with E-state index in [0.29, 0.717) is 6.61 Å². The first-order valence-electron chi connectivity index (χ1n) is 9.03. The molecule has 0 aliphatic rings. The van der Waals surface area contributed by atoms with E-state index in [1.165, 1.54) is 0 Å². The molecule has 0 spiro atoms. The smallest absolute Gasteiger partial charge is 0.168 e. The largest absolute Gasteiger partial charge is 0.497 e. The first-order chi connectivity index (χ1) is 13.8. The SMILES string of the molecule is CCOc1ccc(-c2nnc(-c3ccncc3)n2-c2ccc(OC)cc2)cc1. The Morgan fingerprint density at radius 1 is 0.750 bits per heavy atom. The third kappa shape index (κ3) is 3.44. The van der Waals surface area contributed by atoms with E-state index in [9.17, 15) is 0 Å². The number of hydrogen-bond acceptors (Lipinski definition) is 5. The number of pyridine rings is 1. The van der Waals surface area contributed by atoms with Crippen LogP contribution in [0, 0.1) is 0 Å². The molecule has 0 bridgehead atoms. The summed E-state index contributed by atoms with van der Waals surface area (Å²) < 4.78 is 12.9. The second kappa shape index (κ2) is 7.92. The van der Waals surface area contributed by atoms with Crippen molar-refractivity contribution in [1.29, 1.82) is 0 Å². The van der Waals surface area contributed by atoms with Gasteiger partial charge >= 0.3 is 0 Å². The second-order valence-electron chi connectivity index (χ2n) is 6.07. The Balaban J connectivity index is 1.85. The maximum Gasteiger partial charge on any atom is 0.168 e. The van der Waals surface area contributed by atoms with Gasteiger partial charge in [-0.3, -0.25) is 9.55 Å². The molecule has 0 aliphatic carbocycles. The van der Waals surface area contributed by atoms with Gasteiger partial charge in [0, 0.05) is 29.2 Å². The van der Waals surface area contributed by atoms with Gasteiger partial charge in [0.05, 0.1) is 13.7 Å². The number of rotatable bonds is 6. The molecule has 6 heteroatoms. The van der Waals surface area contributed by atoms with E-state index < -0.39 is 0 Å². The van der Waals surface area contributed by atoms with Crippen molar-refractivity contribution >= 4 is 0 Å². The third-order valence-corrected chi connectivity index (χ3v) is 4.36. The van der Waals surface area contributed by atoms with Gasteiger partial charge in [-0.2, -0.15) is 0 Å². The topological polar surface area (TPSA) is 62.1 Å². The van der Waals surface area contributed by atoms with Crippen LogP contribution in [-0.2, 0) is 0 Å². The third-order valence-electron chi connectivity index (χ3n) is 4.36. The van der Waals surface area contributed by atoms with Gasteiger partial charge in [-0.25, -0.2) is 0 Å². The van der Waals surface area contributed by atoms with Crippen molar-refractivity contribution in [3.8, 4) is 40.0 Å². The zero-order valence-electron chi connectivity index (χ0n) is 15.7. The fraction of sp³-hybridized carbons (Fsp3) is 0.136. The lowest BCUT2D eigenvalue weighted by Gasteiger charge is -2.12. The van der Waals surface area contributed by atoms with Gasteiger partial charge in [-0.05, 0) is 67.6 Å². The molecule has 4 rings (SSSR count). The summed E-state index contributed by atoms with van der Waals surface area (Å²) >= 11 is 0.